The minimum Gasteiger partial charge on any atom is -0.350 e. The molecule has 2 N–H and O–H groups in total. The van der Waals surface area contributed by atoms with Gasteiger partial charge in [0.15, 0.2) is 0 Å². The molecule has 0 aromatic carbocycles. The number of aromatic nitrogens is 6. The second kappa shape index (κ2) is 9.03. The Balaban J connectivity index is 1.20. The molecule has 2 amide bonds. The molecular weight excluding hydrogens is 420 g/mol. The van der Waals surface area contributed by atoms with Gasteiger partial charge in [0.25, 0.3) is 11.8 Å². The first-order valence-corrected chi connectivity index (χ1v) is 10.7. The fraction of sp³-hybridized carbons (Fsp3) is 0.217. The Labute approximate surface area is 189 Å². The van der Waals surface area contributed by atoms with E-state index < -0.39 is 0 Å². The highest BCUT2D eigenvalue weighted by molar-refractivity contribution is 5.95. The Morgan fingerprint density at radius 1 is 0.879 bits per heavy atom. The summed E-state index contributed by atoms with van der Waals surface area (Å²) in [6, 6.07) is 7.18. The van der Waals surface area contributed by atoms with Gasteiger partial charge in [0.1, 0.15) is 0 Å². The van der Waals surface area contributed by atoms with Crippen LogP contribution in [0.25, 0.3) is 11.4 Å². The van der Waals surface area contributed by atoms with Crippen LogP contribution in [-0.2, 0) is 0 Å². The van der Waals surface area contributed by atoms with Gasteiger partial charge in [0.2, 0.25) is 0 Å². The molecular formula is C23H22N8O2. The van der Waals surface area contributed by atoms with E-state index >= 15 is 0 Å². The molecule has 0 saturated heterocycles. The van der Waals surface area contributed by atoms with Crippen molar-refractivity contribution in [2.45, 2.75) is 18.9 Å². The zero-order valence-electron chi connectivity index (χ0n) is 17.7. The van der Waals surface area contributed by atoms with Crippen LogP contribution < -0.4 is 10.6 Å². The van der Waals surface area contributed by atoms with Gasteiger partial charge in [-0.1, -0.05) is 0 Å². The van der Waals surface area contributed by atoms with Crippen LogP contribution >= 0.6 is 0 Å². The van der Waals surface area contributed by atoms with Crippen LogP contribution in [0.15, 0.2) is 73.8 Å². The third-order valence-electron chi connectivity index (χ3n) is 5.50. The Kier molecular flexibility index (Phi) is 5.62. The van der Waals surface area contributed by atoms with E-state index in [1.165, 1.54) is 12.4 Å². The van der Waals surface area contributed by atoms with Crippen LogP contribution in [0.2, 0.25) is 0 Å². The largest absolute Gasteiger partial charge is 0.350 e. The molecule has 0 aliphatic heterocycles. The number of nitrogens with zero attached hydrogens (tertiary/aromatic N) is 6. The highest BCUT2D eigenvalue weighted by atomic mass is 16.2. The summed E-state index contributed by atoms with van der Waals surface area (Å²) in [5.74, 6) is -0.115. The number of amides is 2. The maximum atomic E-state index is 12.8. The topological polar surface area (TPSA) is 120 Å². The number of pyridine rings is 2. The third kappa shape index (κ3) is 4.79. The second-order valence-electron chi connectivity index (χ2n) is 7.90. The van der Waals surface area contributed by atoms with Gasteiger partial charge in [0.05, 0.1) is 47.3 Å². The molecule has 4 heterocycles. The second-order valence-corrected chi connectivity index (χ2v) is 7.90. The third-order valence-corrected chi connectivity index (χ3v) is 5.50. The van der Waals surface area contributed by atoms with E-state index in [-0.39, 0.29) is 17.9 Å². The summed E-state index contributed by atoms with van der Waals surface area (Å²) >= 11 is 0. The fourth-order valence-electron chi connectivity index (χ4n) is 3.53. The molecule has 33 heavy (non-hydrogen) atoms. The average molecular weight is 442 g/mol. The number of hydrogen-bond acceptors (Lipinski definition) is 6. The van der Waals surface area contributed by atoms with E-state index in [1.807, 2.05) is 18.2 Å². The first-order valence-electron chi connectivity index (χ1n) is 10.7. The molecule has 1 aliphatic rings. The summed E-state index contributed by atoms with van der Waals surface area (Å²) in [5.41, 5.74) is 2.44. The van der Waals surface area contributed by atoms with Crippen molar-refractivity contribution < 1.29 is 9.59 Å². The van der Waals surface area contributed by atoms with Gasteiger partial charge in [-0.25, -0.2) is 9.36 Å². The average Bonchev–Trinajstić information content (AvgIpc) is 3.37. The van der Waals surface area contributed by atoms with Crippen LogP contribution in [0.1, 0.15) is 33.6 Å². The van der Waals surface area contributed by atoms with Crippen LogP contribution in [0.5, 0.6) is 0 Å². The minimum absolute atomic E-state index is 0.156. The summed E-state index contributed by atoms with van der Waals surface area (Å²) in [5, 5.41) is 14.4. The Morgan fingerprint density at radius 3 is 1.97 bits per heavy atom. The summed E-state index contributed by atoms with van der Waals surface area (Å²) in [6.07, 6.45) is 15.1. The van der Waals surface area contributed by atoms with Gasteiger partial charge in [-0.3, -0.25) is 19.6 Å². The molecule has 4 aromatic rings. The Bertz CT molecular complexity index is 1250. The predicted octanol–water partition coefficient (Wildman–Crippen LogP) is 1.79. The van der Waals surface area contributed by atoms with Crippen molar-refractivity contribution in [3.05, 3.63) is 85.0 Å². The molecule has 10 heteroatoms. The lowest BCUT2D eigenvalue weighted by atomic mass is 10.1. The van der Waals surface area contributed by atoms with Gasteiger partial charge in [0, 0.05) is 37.4 Å². The van der Waals surface area contributed by atoms with Crippen LogP contribution in [0.3, 0.4) is 0 Å². The van der Waals surface area contributed by atoms with Crippen molar-refractivity contribution in [1.29, 1.82) is 0 Å². The summed E-state index contributed by atoms with van der Waals surface area (Å²) < 4.78 is 3.21. The lowest BCUT2D eigenvalue weighted by Crippen LogP contribution is -2.45. The lowest BCUT2D eigenvalue weighted by molar-refractivity contribution is 0.0903. The number of nitrogens with one attached hydrogen (secondary N) is 2. The molecule has 0 spiro atoms. The smallest absolute Gasteiger partial charge is 0.254 e. The van der Waals surface area contributed by atoms with Gasteiger partial charge < -0.3 is 10.6 Å². The number of hydrogen-bond donors (Lipinski definition) is 2. The van der Waals surface area contributed by atoms with E-state index in [4.69, 9.17) is 0 Å². The Morgan fingerprint density at radius 2 is 1.45 bits per heavy atom. The summed E-state index contributed by atoms with van der Waals surface area (Å²) in [7, 11) is 0. The van der Waals surface area contributed by atoms with Crippen LogP contribution in [0.4, 0.5) is 0 Å². The van der Waals surface area contributed by atoms with Crippen molar-refractivity contribution in [3.8, 4) is 11.4 Å². The monoisotopic (exact) mass is 442 g/mol. The highest BCUT2D eigenvalue weighted by Gasteiger charge is 2.33. The predicted molar refractivity (Wildman–Crippen MR) is 119 cm³/mol. The molecule has 10 nitrogen and oxygen atoms in total. The molecule has 1 fully saturated rings. The molecule has 0 bridgehead atoms. The van der Waals surface area contributed by atoms with E-state index in [9.17, 15) is 9.59 Å². The lowest BCUT2D eigenvalue weighted by Gasteiger charge is -2.18. The van der Waals surface area contributed by atoms with Crippen molar-refractivity contribution >= 4 is 11.8 Å². The van der Waals surface area contributed by atoms with E-state index in [0.717, 1.165) is 24.2 Å². The quantitative estimate of drug-likeness (QED) is 0.429. The first-order chi connectivity index (χ1) is 16.2. The van der Waals surface area contributed by atoms with Crippen molar-refractivity contribution in [1.82, 2.24) is 40.2 Å². The minimum atomic E-state index is -0.241. The zero-order chi connectivity index (χ0) is 22.6. The van der Waals surface area contributed by atoms with Crippen molar-refractivity contribution in [2.75, 3.05) is 6.54 Å². The molecule has 5 rings (SSSR count). The van der Waals surface area contributed by atoms with E-state index in [1.54, 1.807) is 52.6 Å². The molecule has 166 valence electrons. The maximum Gasteiger partial charge on any atom is 0.254 e. The molecule has 1 atom stereocenters. The zero-order valence-corrected chi connectivity index (χ0v) is 17.7. The molecule has 1 saturated carbocycles. The normalized spacial score (nSPS) is 13.9. The highest BCUT2D eigenvalue weighted by Crippen LogP contribution is 2.32. The van der Waals surface area contributed by atoms with Crippen molar-refractivity contribution in [3.63, 3.8) is 0 Å². The van der Waals surface area contributed by atoms with E-state index in [0.29, 0.717) is 23.6 Å². The number of carbonyl (C=O) groups is 2. The fourth-order valence-corrected chi connectivity index (χ4v) is 3.53. The molecule has 0 radical (unpaired) electrons. The Hall–Kier alpha value is -4.34. The molecule has 1 unspecified atom stereocenters. The van der Waals surface area contributed by atoms with Crippen LogP contribution in [0, 0.1) is 5.92 Å². The van der Waals surface area contributed by atoms with Gasteiger partial charge >= 0.3 is 0 Å². The van der Waals surface area contributed by atoms with Gasteiger partial charge in [-0.15, -0.1) is 0 Å². The maximum absolute atomic E-state index is 12.8. The summed E-state index contributed by atoms with van der Waals surface area (Å²) in [6.45, 7) is 0.337. The van der Waals surface area contributed by atoms with Gasteiger partial charge in [-0.2, -0.15) is 10.2 Å². The standard InChI is InChI=1S/C23H22N8O2/c32-22(17-9-27-30(14-17)19-3-1-7-24-11-19)26-13-21(16-5-6-16)29-23(33)18-10-28-31(15-18)20-4-2-8-25-12-20/h1-4,7-12,14-16,21H,5-6,13H2,(H,26,32)(H,29,33). The first kappa shape index (κ1) is 20.6. The van der Waals surface area contributed by atoms with E-state index in [2.05, 4.69) is 30.8 Å². The molecule has 4 aromatic heterocycles. The summed E-state index contributed by atoms with van der Waals surface area (Å²) in [4.78, 5) is 33.6. The molecule has 1 aliphatic carbocycles. The van der Waals surface area contributed by atoms with Crippen LogP contribution in [-0.4, -0.2) is 53.9 Å². The number of carbonyl (C=O) groups excluding carboxylic acids is 2. The SMILES string of the molecule is O=C(NCC(NC(=O)c1cnn(-c2cccnc2)c1)C1CC1)c1cnn(-c2cccnc2)c1. The number of rotatable bonds is 8. The van der Waals surface area contributed by atoms with Gasteiger partial charge in [-0.05, 0) is 43.0 Å². The van der Waals surface area contributed by atoms with Crippen molar-refractivity contribution in [2.24, 2.45) is 5.92 Å².